The Morgan fingerprint density at radius 1 is 0.889 bits per heavy atom. The lowest BCUT2D eigenvalue weighted by Gasteiger charge is -2.20. The van der Waals surface area contributed by atoms with Gasteiger partial charge >= 0.3 is 5.97 Å². The summed E-state index contributed by atoms with van der Waals surface area (Å²) in [7, 11) is 0. The van der Waals surface area contributed by atoms with Crippen molar-refractivity contribution >= 4 is 23.4 Å². The molecular weight excluding hydrogens is 238 g/mol. The van der Waals surface area contributed by atoms with Crippen LogP contribution in [-0.2, 0) is 19.2 Å². The van der Waals surface area contributed by atoms with Crippen LogP contribution in [0.2, 0.25) is 0 Å². The van der Waals surface area contributed by atoms with Crippen LogP contribution in [-0.4, -0.2) is 46.5 Å². The van der Waals surface area contributed by atoms with E-state index in [9.17, 15) is 19.2 Å². The Labute approximate surface area is 106 Å². The number of carboxylic acids is 1. The molecule has 6 heteroatoms. The monoisotopic (exact) mass is 257 g/mol. The number of carbonyl (C=O) groups excluding carboxylic acids is 3. The van der Waals surface area contributed by atoms with Crippen molar-refractivity contribution in [1.29, 1.82) is 0 Å². The number of Topliss-reactive ketones (excluding diaryl/α,β-unsaturated/α-hetero) is 2. The maximum absolute atomic E-state index is 11.7. The van der Waals surface area contributed by atoms with Gasteiger partial charge in [0.05, 0.1) is 19.5 Å². The predicted octanol–water partition coefficient (Wildman–Crippen LogP) is 0.638. The SMILES string of the molecule is CCC(=O)CN(CC(=O)CC)C(=O)CCC(=O)O. The van der Waals surface area contributed by atoms with E-state index >= 15 is 0 Å². The predicted molar refractivity (Wildman–Crippen MR) is 64.0 cm³/mol. The van der Waals surface area contributed by atoms with Gasteiger partial charge in [-0.05, 0) is 0 Å². The smallest absolute Gasteiger partial charge is 0.303 e. The van der Waals surface area contributed by atoms with E-state index in [0.29, 0.717) is 0 Å². The molecule has 0 saturated heterocycles. The highest BCUT2D eigenvalue weighted by molar-refractivity contribution is 5.91. The van der Waals surface area contributed by atoms with Crippen molar-refractivity contribution in [3.8, 4) is 0 Å². The average Bonchev–Trinajstić information content (AvgIpc) is 2.34. The Balaban J connectivity index is 4.52. The highest BCUT2D eigenvalue weighted by Crippen LogP contribution is 2.01. The first-order valence-electron chi connectivity index (χ1n) is 5.93. The zero-order chi connectivity index (χ0) is 14.1. The quantitative estimate of drug-likeness (QED) is 0.654. The second-order valence-electron chi connectivity index (χ2n) is 3.93. The number of nitrogens with zero attached hydrogens (tertiary/aromatic N) is 1. The molecule has 1 amide bonds. The van der Waals surface area contributed by atoms with Gasteiger partial charge in [0.1, 0.15) is 0 Å². The summed E-state index contributed by atoms with van der Waals surface area (Å²) < 4.78 is 0. The van der Waals surface area contributed by atoms with Crippen LogP contribution in [0.25, 0.3) is 0 Å². The van der Waals surface area contributed by atoms with Gasteiger partial charge in [-0.3, -0.25) is 19.2 Å². The van der Waals surface area contributed by atoms with Crippen molar-refractivity contribution in [2.45, 2.75) is 39.5 Å². The molecule has 0 saturated carbocycles. The van der Waals surface area contributed by atoms with Crippen LogP contribution in [0.15, 0.2) is 0 Å². The minimum Gasteiger partial charge on any atom is -0.481 e. The Kier molecular flexibility index (Phi) is 7.58. The van der Waals surface area contributed by atoms with Gasteiger partial charge < -0.3 is 10.0 Å². The summed E-state index contributed by atoms with van der Waals surface area (Å²) >= 11 is 0. The molecule has 102 valence electrons. The largest absolute Gasteiger partial charge is 0.481 e. The van der Waals surface area contributed by atoms with Crippen LogP contribution in [0, 0.1) is 0 Å². The van der Waals surface area contributed by atoms with E-state index < -0.39 is 11.9 Å². The molecule has 0 spiro atoms. The molecule has 0 aromatic heterocycles. The van der Waals surface area contributed by atoms with Crippen LogP contribution in [0.5, 0.6) is 0 Å². The van der Waals surface area contributed by atoms with Crippen molar-refractivity contribution in [1.82, 2.24) is 4.90 Å². The number of carbonyl (C=O) groups is 4. The number of aliphatic carboxylic acids is 1. The average molecular weight is 257 g/mol. The van der Waals surface area contributed by atoms with Gasteiger partial charge in [-0.15, -0.1) is 0 Å². The highest BCUT2D eigenvalue weighted by atomic mass is 16.4. The number of hydrogen-bond donors (Lipinski definition) is 1. The van der Waals surface area contributed by atoms with Gasteiger partial charge in [0, 0.05) is 19.3 Å². The van der Waals surface area contributed by atoms with Gasteiger partial charge in [0.25, 0.3) is 0 Å². The normalized spacial score (nSPS) is 9.89. The molecule has 1 N–H and O–H groups in total. The summed E-state index contributed by atoms with van der Waals surface area (Å²) in [5, 5.41) is 8.50. The fourth-order valence-electron chi connectivity index (χ4n) is 1.25. The molecule has 0 radical (unpaired) electrons. The van der Waals surface area contributed by atoms with Crippen LogP contribution in [0.4, 0.5) is 0 Å². The van der Waals surface area contributed by atoms with Crippen LogP contribution >= 0.6 is 0 Å². The third-order valence-corrected chi connectivity index (χ3v) is 2.43. The third-order valence-electron chi connectivity index (χ3n) is 2.43. The van der Waals surface area contributed by atoms with Crippen molar-refractivity contribution in [2.24, 2.45) is 0 Å². The van der Waals surface area contributed by atoms with E-state index in [2.05, 4.69) is 0 Å². The third kappa shape index (κ3) is 6.78. The Morgan fingerprint density at radius 3 is 1.67 bits per heavy atom. The lowest BCUT2D eigenvalue weighted by molar-refractivity contribution is -0.142. The van der Waals surface area contributed by atoms with E-state index in [1.54, 1.807) is 13.8 Å². The number of amides is 1. The number of ketones is 2. The summed E-state index contributed by atoms with van der Waals surface area (Å²) in [5.74, 6) is -1.85. The number of hydrogen-bond acceptors (Lipinski definition) is 4. The van der Waals surface area contributed by atoms with E-state index in [4.69, 9.17) is 5.11 Å². The fraction of sp³-hybridized carbons (Fsp3) is 0.667. The van der Waals surface area contributed by atoms with Crippen LogP contribution < -0.4 is 0 Å². The van der Waals surface area contributed by atoms with E-state index in [1.807, 2.05) is 0 Å². The maximum Gasteiger partial charge on any atom is 0.303 e. The Bertz CT molecular complexity index is 319. The van der Waals surface area contributed by atoms with Crippen molar-refractivity contribution in [2.75, 3.05) is 13.1 Å². The molecule has 0 aromatic rings. The maximum atomic E-state index is 11.7. The Morgan fingerprint density at radius 2 is 1.33 bits per heavy atom. The molecule has 0 fully saturated rings. The summed E-state index contributed by atoms with van der Waals surface area (Å²) in [6, 6.07) is 0. The summed E-state index contributed by atoms with van der Waals surface area (Å²) in [6.45, 7) is 3.09. The first-order valence-corrected chi connectivity index (χ1v) is 5.93. The topological polar surface area (TPSA) is 91.8 Å². The summed E-state index contributed by atoms with van der Waals surface area (Å²) in [4.78, 5) is 45.9. The highest BCUT2D eigenvalue weighted by Gasteiger charge is 2.19. The molecule has 0 aliphatic rings. The molecule has 18 heavy (non-hydrogen) atoms. The molecule has 0 atom stereocenters. The van der Waals surface area contributed by atoms with Gasteiger partial charge in [0.15, 0.2) is 11.6 Å². The molecule has 0 aliphatic carbocycles. The van der Waals surface area contributed by atoms with Gasteiger partial charge in [-0.1, -0.05) is 13.8 Å². The molecule has 0 heterocycles. The van der Waals surface area contributed by atoms with E-state index in [1.165, 1.54) is 0 Å². The van der Waals surface area contributed by atoms with Crippen molar-refractivity contribution in [3.63, 3.8) is 0 Å². The second-order valence-corrected chi connectivity index (χ2v) is 3.93. The van der Waals surface area contributed by atoms with Crippen molar-refractivity contribution < 1.29 is 24.3 Å². The minimum atomic E-state index is -1.08. The van der Waals surface area contributed by atoms with Crippen LogP contribution in [0.1, 0.15) is 39.5 Å². The molecule has 0 aliphatic heterocycles. The van der Waals surface area contributed by atoms with Gasteiger partial charge in [-0.25, -0.2) is 0 Å². The molecule has 0 unspecified atom stereocenters. The van der Waals surface area contributed by atoms with Gasteiger partial charge in [-0.2, -0.15) is 0 Å². The Hall–Kier alpha value is -1.72. The molecule has 0 bridgehead atoms. The summed E-state index contributed by atoms with van der Waals surface area (Å²) in [6.07, 6.45) is 0.0747. The van der Waals surface area contributed by atoms with E-state index in [-0.39, 0.29) is 50.3 Å². The zero-order valence-electron chi connectivity index (χ0n) is 10.8. The first kappa shape index (κ1) is 16.3. The second kappa shape index (κ2) is 8.38. The van der Waals surface area contributed by atoms with E-state index in [0.717, 1.165) is 4.90 Å². The van der Waals surface area contributed by atoms with Gasteiger partial charge in [0.2, 0.25) is 5.91 Å². The molecule has 0 aromatic carbocycles. The molecule has 0 rings (SSSR count). The van der Waals surface area contributed by atoms with Crippen LogP contribution in [0.3, 0.4) is 0 Å². The zero-order valence-corrected chi connectivity index (χ0v) is 10.8. The number of carboxylic acid groups (broad SMARTS) is 1. The fourth-order valence-corrected chi connectivity index (χ4v) is 1.25. The summed E-state index contributed by atoms with van der Waals surface area (Å²) in [5.41, 5.74) is 0. The van der Waals surface area contributed by atoms with Crippen molar-refractivity contribution in [3.05, 3.63) is 0 Å². The molecular formula is C12H19NO5. The lowest BCUT2D eigenvalue weighted by Crippen LogP contribution is -2.39. The minimum absolute atomic E-state index is 0.124. The first-order chi connectivity index (χ1) is 8.40. The lowest BCUT2D eigenvalue weighted by atomic mass is 10.2. The molecule has 6 nitrogen and oxygen atoms in total. The standard InChI is InChI=1S/C12H19NO5/c1-3-9(14)7-13(8-10(15)4-2)11(16)5-6-12(17)18/h3-8H2,1-2H3,(H,17,18). The number of rotatable bonds is 9.